The van der Waals surface area contributed by atoms with Crippen molar-refractivity contribution in [3.63, 3.8) is 0 Å². The van der Waals surface area contributed by atoms with Crippen LogP contribution in [0.4, 0.5) is 0 Å². The van der Waals surface area contributed by atoms with Gasteiger partial charge in [-0.2, -0.15) is 0 Å². The highest BCUT2D eigenvalue weighted by atomic mass is 16.6. The molecule has 0 unspecified atom stereocenters. The van der Waals surface area contributed by atoms with Crippen LogP contribution in [0.3, 0.4) is 0 Å². The summed E-state index contributed by atoms with van der Waals surface area (Å²) in [5.41, 5.74) is 0. The van der Waals surface area contributed by atoms with E-state index in [0.29, 0.717) is 6.42 Å². The molecule has 6 nitrogen and oxygen atoms in total. The lowest BCUT2D eigenvalue weighted by atomic mass is 10.0. The summed E-state index contributed by atoms with van der Waals surface area (Å²) in [6.45, 7) is 5.45. The molecule has 0 atom stereocenters. The molecule has 182 valence electrons. The van der Waals surface area contributed by atoms with Crippen molar-refractivity contribution in [2.45, 2.75) is 130 Å². The van der Waals surface area contributed by atoms with Crippen molar-refractivity contribution < 1.29 is 28.6 Å². The standard InChI is InChI=1S/C25H46O6/c1-4-7-8-9-10-11-12-13-14-15-16-17-18-19-25(28)31-22(20-29-23(26)5-2)21-30-24(27)6-3/h22H,4-21H2,1-3H3. The van der Waals surface area contributed by atoms with Crippen LogP contribution in [0.25, 0.3) is 0 Å². The van der Waals surface area contributed by atoms with Crippen molar-refractivity contribution in [3.8, 4) is 0 Å². The van der Waals surface area contributed by atoms with Crippen LogP contribution in [-0.4, -0.2) is 37.2 Å². The maximum Gasteiger partial charge on any atom is 0.306 e. The lowest BCUT2D eigenvalue weighted by Gasteiger charge is -2.18. The lowest BCUT2D eigenvalue weighted by molar-refractivity contribution is -0.166. The highest BCUT2D eigenvalue weighted by molar-refractivity contribution is 5.70. The average Bonchev–Trinajstić information content (AvgIpc) is 2.78. The van der Waals surface area contributed by atoms with Gasteiger partial charge < -0.3 is 14.2 Å². The molecule has 0 aromatic carbocycles. The Morgan fingerprint density at radius 1 is 0.548 bits per heavy atom. The first-order valence-corrected chi connectivity index (χ1v) is 12.5. The van der Waals surface area contributed by atoms with E-state index >= 15 is 0 Å². The minimum absolute atomic E-state index is 0.0893. The molecule has 0 fully saturated rings. The second-order valence-electron chi connectivity index (χ2n) is 8.18. The van der Waals surface area contributed by atoms with Crippen molar-refractivity contribution in [1.82, 2.24) is 0 Å². The fourth-order valence-electron chi connectivity index (χ4n) is 3.22. The van der Waals surface area contributed by atoms with Crippen molar-refractivity contribution in [3.05, 3.63) is 0 Å². The second kappa shape index (κ2) is 21.6. The Bertz CT molecular complexity index is 443. The van der Waals surface area contributed by atoms with Crippen molar-refractivity contribution in [2.24, 2.45) is 0 Å². The fourth-order valence-corrected chi connectivity index (χ4v) is 3.22. The highest BCUT2D eigenvalue weighted by Gasteiger charge is 2.18. The normalized spacial score (nSPS) is 10.8. The molecule has 31 heavy (non-hydrogen) atoms. The van der Waals surface area contributed by atoms with E-state index in [9.17, 15) is 14.4 Å². The summed E-state index contributed by atoms with van der Waals surface area (Å²) >= 11 is 0. The number of hydrogen-bond acceptors (Lipinski definition) is 6. The Morgan fingerprint density at radius 2 is 0.935 bits per heavy atom. The topological polar surface area (TPSA) is 78.9 Å². The molecule has 0 bridgehead atoms. The number of esters is 3. The first-order chi connectivity index (χ1) is 15.0. The molecular weight excluding hydrogens is 396 g/mol. The monoisotopic (exact) mass is 442 g/mol. The molecule has 0 heterocycles. The molecule has 0 spiro atoms. The van der Waals surface area contributed by atoms with Gasteiger partial charge in [0, 0.05) is 19.3 Å². The van der Waals surface area contributed by atoms with Gasteiger partial charge in [-0.15, -0.1) is 0 Å². The van der Waals surface area contributed by atoms with Gasteiger partial charge in [0.05, 0.1) is 0 Å². The lowest BCUT2D eigenvalue weighted by Crippen LogP contribution is -2.30. The van der Waals surface area contributed by atoms with E-state index < -0.39 is 6.10 Å². The van der Waals surface area contributed by atoms with Gasteiger partial charge in [0.15, 0.2) is 6.10 Å². The van der Waals surface area contributed by atoms with Crippen LogP contribution >= 0.6 is 0 Å². The van der Waals surface area contributed by atoms with Gasteiger partial charge in [0.25, 0.3) is 0 Å². The summed E-state index contributed by atoms with van der Waals surface area (Å²) in [4.78, 5) is 34.7. The third-order valence-electron chi connectivity index (χ3n) is 5.22. The molecule has 0 N–H and O–H groups in total. The van der Waals surface area contributed by atoms with Crippen LogP contribution < -0.4 is 0 Å². The Labute approximate surface area is 189 Å². The van der Waals surface area contributed by atoms with E-state index in [-0.39, 0.29) is 44.0 Å². The zero-order chi connectivity index (χ0) is 23.2. The van der Waals surface area contributed by atoms with Crippen LogP contribution in [0, 0.1) is 0 Å². The smallest absolute Gasteiger partial charge is 0.306 e. The molecule has 6 heteroatoms. The SMILES string of the molecule is CCCCCCCCCCCCCCCC(=O)OC(COC(=O)CC)COC(=O)CC. The van der Waals surface area contributed by atoms with Gasteiger partial charge >= 0.3 is 17.9 Å². The number of carbonyl (C=O) groups is 3. The molecule has 0 saturated carbocycles. The molecule has 0 aromatic rings. The molecule has 0 amide bonds. The quantitative estimate of drug-likeness (QED) is 0.118. The van der Waals surface area contributed by atoms with Crippen molar-refractivity contribution >= 4 is 17.9 Å². The second-order valence-corrected chi connectivity index (χ2v) is 8.18. The summed E-state index contributed by atoms with van der Waals surface area (Å²) in [6.07, 6.45) is 16.3. The van der Waals surface area contributed by atoms with Gasteiger partial charge in [-0.1, -0.05) is 97.8 Å². The minimum Gasteiger partial charge on any atom is -0.462 e. The number of rotatable bonds is 21. The highest BCUT2D eigenvalue weighted by Crippen LogP contribution is 2.13. The van der Waals surface area contributed by atoms with Gasteiger partial charge in [-0.3, -0.25) is 14.4 Å². The van der Waals surface area contributed by atoms with E-state index in [1.807, 2.05) is 0 Å². The number of unbranched alkanes of at least 4 members (excludes halogenated alkanes) is 12. The van der Waals surface area contributed by atoms with E-state index in [4.69, 9.17) is 14.2 Å². The van der Waals surface area contributed by atoms with Crippen LogP contribution in [0.1, 0.15) is 124 Å². The molecular formula is C25H46O6. The zero-order valence-electron chi connectivity index (χ0n) is 20.3. The summed E-state index contributed by atoms with van der Waals surface area (Å²) < 4.78 is 15.4. The Hall–Kier alpha value is -1.59. The first kappa shape index (κ1) is 29.4. The molecule has 0 radical (unpaired) electrons. The van der Waals surface area contributed by atoms with E-state index in [0.717, 1.165) is 19.3 Å². The van der Waals surface area contributed by atoms with Crippen molar-refractivity contribution in [1.29, 1.82) is 0 Å². The molecule has 0 saturated heterocycles. The molecule has 0 rings (SSSR count). The first-order valence-electron chi connectivity index (χ1n) is 12.5. The van der Waals surface area contributed by atoms with Crippen LogP contribution in [-0.2, 0) is 28.6 Å². The summed E-state index contributed by atoms with van der Waals surface area (Å²) in [7, 11) is 0. The predicted octanol–water partition coefficient (Wildman–Crippen LogP) is 6.29. The Morgan fingerprint density at radius 3 is 1.32 bits per heavy atom. The van der Waals surface area contributed by atoms with Gasteiger partial charge in [0.1, 0.15) is 13.2 Å². The summed E-state index contributed by atoms with van der Waals surface area (Å²) in [5, 5.41) is 0. The summed E-state index contributed by atoms with van der Waals surface area (Å²) in [5.74, 6) is -1.09. The molecule has 0 aliphatic rings. The molecule has 0 aromatic heterocycles. The van der Waals surface area contributed by atoms with Crippen LogP contribution in [0.15, 0.2) is 0 Å². The number of carbonyl (C=O) groups excluding carboxylic acids is 3. The van der Waals surface area contributed by atoms with Gasteiger partial charge in [-0.05, 0) is 6.42 Å². The number of ether oxygens (including phenoxy) is 3. The minimum atomic E-state index is -0.750. The Kier molecular flexibility index (Phi) is 20.5. The number of hydrogen-bond donors (Lipinski definition) is 0. The summed E-state index contributed by atoms with van der Waals surface area (Å²) in [6, 6.07) is 0. The molecule has 0 aliphatic carbocycles. The van der Waals surface area contributed by atoms with Crippen molar-refractivity contribution in [2.75, 3.05) is 13.2 Å². The van der Waals surface area contributed by atoms with Gasteiger partial charge in [0.2, 0.25) is 0 Å². The van der Waals surface area contributed by atoms with E-state index in [1.165, 1.54) is 64.2 Å². The third kappa shape index (κ3) is 20.1. The maximum absolute atomic E-state index is 12.1. The maximum atomic E-state index is 12.1. The van der Waals surface area contributed by atoms with Gasteiger partial charge in [-0.25, -0.2) is 0 Å². The largest absolute Gasteiger partial charge is 0.462 e. The predicted molar refractivity (Wildman–Crippen MR) is 123 cm³/mol. The Balaban J connectivity index is 3.79. The van der Waals surface area contributed by atoms with E-state index in [1.54, 1.807) is 13.8 Å². The van der Waals surface area contributed by atoms with Crippen LogP contribution in [0.2, 0.25) is 0 Å². The zero-order valence-corrected chi connectivity index (χ0v) is 20.3. The molecule has 0 aliphatic heterocycles. The average molecular weight is 443 g/mol. The van der Waals surface area contributed by atoms with Crippen LogP contribution in [0.5, 0.6) is 0 Å². The third-order valence-corrected chi connectivity index (χ3v) is 5.22. The van der Waals surface area contributed by atoms with E-state index in [2.05, 4.69) is 6.92 Å². The fraction of sp³-hybridized carbons (Fsp3) is 0.880.